The number of benzene rings is 3. The van der Waals surface area contributed by atoms with Crippen LogP contribution in [0.4, 0.5) is 5.69 Å². The zero-order valence-corrected chi connectivity index (χ0v) is 25.6. The van der Waals surface area contributed by atoms with Gasteiger partial charge in [0.1, 0.15) is 18.3 Å². The lowest BCUT2D eigenvalue weighted by Crippen LogP contribution is -2.51. The molecule has 0 saturated heterocycles. The predicted molar refractivity (Wildman–Crippen MR) is 163 cm³/mol. The standard InChI is InChI=1S/C32H41N3O5S/c1-7-8-19-33-32(37)26(5)34(21-27-13-15-28(40-6)16-14-27)31(36)22-35(30-20-24(3)9-12-25(30)4)41(38,39)29-17-10-23(2)11-18-29/h9-18,20,26H,7-8,19,21-22H2,1-6H3,(H,33,37). The van der Waals surface area contributed by atoms with Crippen LogP contribution in [-0.2, 0) is 26.2 Å². The first-order chi connectivity index (χ1) is 19.5. The van der Waals surface area contributed by atoms with E-state index in [1.165, 1.54) is 4.90 Å². The Morgan fingerprint density at radius 1 is 0.927 bits per heavy atom. The van der Waals surface area contributed by atoms with E-state index in [1.54, 1.807) is 56.5 Å². The maximum atomic E-state index is 14.1. The van der Waals surface area contributed by atoms with Gasteiger partial charge in [-0.3, -0.25) is 13.9 Å². The van der Waals surface area contributed by atoms with Gasteiger partial charge in [0.25, 0.3) is 10.0 Å². The summed E-state index contributed by atoms with van der Waals surface area (Å²) in [7, 11) is -2.54. The summed E-state index contributed by atoms with van der Waals surface area (Å²) in [5.41, 5.74) is 3.70. The minimum absolute atomic E-state index is 0.0869. The number of nitrogens with one attached hydrogen (secondary N) is 1. The maximum absolute atomic E-state index is 14.1. The van der Waals surface area contributed by atoms with Gasteiger partial charge in [-0.1, -0.05) is 55.3 Å². The number of ether oxygens (including phenoxy) is 1. The summed E-state index contributed by atoms with van der Waals surface area (Å²) in [5.74, 6) is -0.113. The van der Waals surface area contributed by atoms with E-state index >= 15 is 0 Å². The van der Waals surface area contributed by atoms with Crippen molar-refractivity contribution in [3.63, 3.8) is 0 Å². The van der Waals surface area contributed by atoms with Crippen molar-refractivity contribution in [2.75, 3.05) is 24.5 Å². The molecule has 9 heteroatoms. The fourth-order valence-electron chi connectivity index (χ4n) is 4.39. The highest BCUT2D eigenvalue weighted by Crippen LogP contribution is 2.29. The minimum atomic E-state index is -4.12. The van der Waals surface area contributed by atoms with Crippen molar-refractivity contribution in [3.8, 4) is 5.75 Å². The molecule has 41 heavy (non-hydrogen) atoms. The second kappa shape index (κ2) is 14.2. The first-order valence-corrected chi connectivity index (χ1v) is 15.3. The lowest BCUT2D eigenvalue weighted by molar-refractivity contribution is -0.139. The Morgan fingerprint density at radius 3 is 2.17 bits per heavy atom. The molecule has 8 nitrogen and oxygen atoms in total. The summed E-state index contributed by atoms with van der Waals surface area (Å²) in [6.45, 7) is 9.42. The largest absolute Gasteiger partial charge is 0.497 e. The molecule has 3 aromatic rings. The summed E-state index contributed by atoms with van der Waals surface area (Å²) >= 11 is 0. The number of hydrogen-bond acceptors (Lipinski definition) is 5. The van der Waals surface area contributed by atoms with Crippen LogP contribution in [0.15, 0.2) is 71.6 Å². The van der Waals surface area contributed by atoms with Gasteiger partial charge in [0, 0.05) is 13.1 Å². The van der Waals surface area contributed by atoms with Crippen LogP contribution in [0.3, 0.4) is 0 Å². The van der Waals surface area contributed by atoms with Gasteiger partial charge in [-0.25, -0.2) is 8.42 Å². The van der Waals surface area contributed by atoms with E-state index in [0.717, 1.165) is 33.8 Å². The van der Waals surface area contributed by atoms with E-state index in [4.69, 9.17) is 4.74 Å². The Balaban J connectivity index is 2.03. The van der Waals surface area contributed by atoms with Crippen molar-refractivity contribution in [3.05, 3.63) is 89.0 Å². The van der Waals surface area contributed by atoms with Crippen LogP contribution in [0.25, 0.3) is 0 Å². The van der Waals surface area contributed by atoms with Crippen molar-refractivity contribution in [1.29, 1.82) is 0 Å². The van der Waals surface area contributed by atoms with Crippen molar-refractivity contribution < 1.29 is 22.7 Å². The molecule has 0 aliphatic carbocycles. The van der Waals surface area contributed by atoms with Crippen LogP contribution in [0, 0.1) is 20.8 Å². The molecular weight excluding hydrogens is 538 g/mol. The van der Waals surface area contributed by atoms with Crippen LogP contribution in [0.1, 0.15) is 48.9 Å². The third-order valence-electron chi connectivity index (χ3n) is 7.03. The van der Waals surface area contributed by atoms with E-state index in [0.29, 0.717) is 23.5 Å². The highest BCUT2D eigenvalue weighted by atomic mass is 32.2. The highest BCUT2D eigenvalue weighted by Gasteiger charge is 2.33. The van der Waals surface area contributed by atoms with Gasteiger partial charge in [-0.2, -0.15) is 0 Å². The number of amides is 2. The Hall–Kier alpha value is -3.85. The van der Waals surface area contributed by atoms with Crippen LogP contribution in [0.5, 0.6) is 5.75 Å². The minimum Gasteiger partial charge on any atom is -0.497 e. The smallest absolute Gasteiger partial charge is 0.264 e. The van der Waals surface area contributed by atoms with E-state index in [1.807, 2.05) is 52.0 Å². The van der Waals surface area contributed by atoms with E-state index in [-0.39, 0.29) is 17.3 Å². The molecule has 0 spiro atoms. The molecule has 0 fully saturated rings. The molecule has 1 unspecified atom stereocenters. The van der Waals surface area contributed by atoms with Crippen LogP contribution in [0.2, 0.25) is 0 Å². The fraction of sp³-hybridized carbons (Fsp3) is 0.375. The number of aryl methyl sites for hydroxylation is 3. The third kappa shape index (κ3) is 8.10. The van der Waals surface area contributed by atoms with Gasteiger partial charge in [0.2, 0.25) is 11.8 Å². The quantitative estimate of drug-likeness (QED) is 0.283. The Kier molecular flexibility index (Phi) is 10.9. The van der Waals surface area contributed by atoms with Crippen molar-refractivity contribution in [2.45, 2.75) is 64.9 Å². The molecule has 0 heterocycles. The van der Waals surface area contributed by atoms with E-state index in [2.05, 4.69) is 5.32 Å². The summed E-state index contributed by atoms with van der Waals surface area (Å²) in [6.07, 6.45) is 1.74. The molecule has 0 aliphatic heterocycles. The van der Waals surface area contributed by atoms with Gasteiger partial charge in [0.15, 0.2) is 0 Å². The number of methoxy groups -OCH3 is 1. The number of carbonyl (C=O) groups is 2. The topological polar surface area (TPSA) is 96.0 Å². The second-order valence-corrected chi connectivity index (χ2v) is 12.2. The number of unbranched alkanes of at least 4 members (excludes halogenated alkanes) is 1. The summed E-state index contributed by atoms with van der Waals surface area (Å²) in [5, 5.41) is 2.90. The lowest BCUT2D eigenvalue weighted by Gasteiger charge is -2.32. The third-order valence-corrected chi connectivity index (χ3v) is 8.80. The highest BCUT2D eigenvalue weighted by molar-refractivity contribution is 7.92. The van der Waals surface area contributed by atoms with Gasteiger partial charge in [0.05, 0.1) is 17.7 Å². The average molecular weight is 580 g/mol. The number of carbonyl (C=O) groups excluding carboxylic acids is 2. The molecule has 0 aromatic heterocycles. The van der Waals surface area contributed by atoms with Gasteiger partial charge in [-0.15, -0.1) is 0 Å². The molecule has 1 N–H and O–H groups in total. The van der Waals surface area contributed by atoms with Crippen LogP contribution in [-0.4, -0.2) is 51.4 Å². The monoisotopic (exact) mass is 579 g/mol. The Bertz CT molecular complexity index is 1440. The first-order valence-electron chi connectivity index (χ1n) is 13.8. The van der Waals surface area contributed by atoms with Crippen molar-refractivity contribution in [2.24, 2.45) is 0 Å². The molecular formula is C32H41N3O5S. The zero-order chi connectivity index (χ0) is 30.2. The molecule has 220 valence electrons. The number of nitrogens with zero attached hydrogens (tertiary/aromatic N) is 2. The maximum Gasteiger partial charge on any atom is 0.264 e. The zero-order valence-electron chi connectivity index (χ0n) is 24.8. The Morgan fingerprint density at radius 2 is 1.56 bits per heavy atom. The molecule has 0 saturated carbocycles. The van der Waals surface area contributed by atoms with E-state index in [9.17, 15) is 18.0 Å². The normalized spacial score (nSPS) is 12.0. The second-order valence-electron chi connectivity index (χ2n) is 10.3. The van der Waals surface area contributed by atoms with Gasteiger partial charge < -0.3 is 15.0 Å². The number of sulfonamides is 1. The first kappa shape index (κ1) is 31.7. The lowest BCUT2D eigenvalue weighted by atomic mass is 10.1. The summed E-state index contributed by atoms with van der Waals surface area (Å²) in [6, 6.07) is 18.5. The van der Waals surface area contributed by atoms with Crippen molar-refractivity contribution in [1.82, 2.24) is 10.2 Å². The molecule has 0 radical (unpaired) electrons. The predicted octanol–water partition coefficient (Wildman–Crippen LogP) is 5.15. The summed E-state index contributed by atoms with van der Waals surface area (Å²) in [4.78, 5) is 28.7. The van der Waals surface area contributed by atoms with Gasteiger partial charge >= 0.3 is 0 Å². The number of anilines is 1. The summed E-state index contributed by atoms with van der Waals surface area (Å²) < 4.78 is 34.5. The fourth-order valence-corrected chi connectivity index (χ4v) is 5.86. The molecule has 2 amide bonds. The molecule has 1 atom stereocenters. The SMILES string of the molecule is CCCCNC(=O)C(C)N(Cc1ccc(OC)cc1)C(=O)CN(c1cc(C)ccc1C)S(=O)(=O)c1ccc(C)cc1. The molecule has 3 rings (SSSR count). The molecule has 0 bridgehead atoms. The van der Waals surface area contributed by atoms with Gasteiger partial charge in [-0.05, 0) is 81.1 Å². The average Bonchev–Trinajstić information content (AvgIpc) is 2.96. The molecule has 0 aliphatic rings. The Labute approximate surface area is 244 Å². The molecule has 3 aromatic carbocycles. The van der Waals surface area contributed by atoms with Crippen LogP contribution >= 0.6 is 0 Å². The number of hydrogen-bond donors (Lipinski definition) is 1. The van der Waals surface area contributed by atoms with Crippen LogP contribution < -0.4 is 14.4 Å². The van der Waals surface area contributed by atoms with E-state index < -0.39 is 28.5 Å². The number of rotatable bonds is 13. The van der Waals surface area contributed by atoms with Crippen molar-refractivity contribution >= 4 is 27.5 Å².